The van der Waals surface area contributed by atoms with Gasteiger partial charge in [-0.1, -0.05) is 30.3 Å². The zero-order chi connectivity index (χ0) is 25.7. The molecule has 6 rings (SSSR count). The van der Waals surface area contributed by atoms with Crippen LogP contribution in [0.5, 0.6) is 0 Å². The molecular weight excluding hydrogens is 470 g/mol. The molecule has 1 aliphatic rings. The summed E-state index contributed by atoms with van der Waals surface area (Å²) in [6, 6.07) is 27.1. The zero-order valence-electron chi connectivity index (χ0n) is 21.3. The molecule has 5 aromatic rings. The molecule has 0 atom stereocenters. The molecule has 3 N–H and O–H groups in total. The predicted octanol–water partition coefficient (Wildman–Crippen LogP) is 5.26. The number of pyridine rings is 1. The quantitative estimate of drug-likeness (QED) is 0.295. The summed E-state index contributed by atoms with van der Waals surface area (Å²) in [5.41, 5.74) is 14.3. The van der Waals surface area contributed by atoms with Crippen molar-refractivity contribution < 1.29 is 0 Å². The van der Waals surface area contributed by atoms with Gasteiger partial charge in [0, 0.05) is 62.2 Å². The fourth-order valence-electron chi connectivity index (χ4n) is 4.90. The summed E-state index contributed by atoms with van der Waals surface area (Å²) < 4.78 is 0. The van der Waals surface area contributed by atoms with Crippen molar-refractivity contribution in [3.8, 4) is 11.1 Å². The average Bonchev–Trinajstić information content (AvgIpc) is 2.98. The Morgan fingerprint density at radius 1 is 0.737 bits per heavy atom. The first-order valence-electron chi connectivity index (χ1n) is 13.1. The maximum absolute atomic E-state index is 5.78. The molecule has 3 aromatic carbocycles. The van der Waals surface area contributed by atoms with Crippen molar-refractivity contribution >= 4 is 33.9 Å². The van der Waals surface area contributed by atoms with Crippen molar-refractivity contribution in [1.29, 1.82) is 0 Å². The maximum atomic E-state index is 5.78. The molecule has 190 valence electrons. The average molecular weight is 502 g/mol. The lowest BCUT2D eigenvalue weighted by molar-refractivity contribution is 0.647. The van der Waals surface area contributed by atoms with Crippen LogP contribution in [0.2, 0.25) is 0 Å². The number of nitrogens with one attached hydrogen (secondary N) is 1. The summed E-state index contributed by atoms with van der Waals surface area (Å²) >= 11 is 0. The van der Waals surface area contributed by atoms with Crippen LogP contribution in [0.25, 0.3) is 22.2 Å². The second-order valence-electron chi connectivity index (χ2n) is 9.61. The normalized spacial score (nSPS) is 13.6. The first-order chi connectivity index (χ1) is 18.7. The summed E-state index contributed by atoms with van der Waals surface area (Å²) in [6.45, 7) is 4.59. The highest BCUT2D eigenvalue weighted by Crippen LogP contribution is 2.26. The highest BCUT2D eigenvalue weighted by molar-refractivity contribution is 5.82. The molecule has 0 amide bonds. The fourth-order valence-corrected chi connectivity index (χ4v) is 4.90. The lowest BCUT2D eigenvalue weighted by Crippen LogP contribution is -2.46. The van der Waals surface area contributed by atoms with Crippen LogP contribution in [-0.2, 0) is 6.42 Å². The van der Waals surface area contributed by atoms with Gasteiger partial charge in [0.2, 0.25) is 0 Å². The molecule has 0 bridgehead atoms. The molecular formula is C31H31N7. The minimum absolute atomic E-state index is 0.799. The summed E-state index contributed by atoms with van der Waals surface area (Å²) in [7, 11) is 0. The zero-order valence-corrected chi connectivity index (χ0v) is 21.3. The molecule has 0 radical (unpaired) electrons. The summed E-state index contributed by atoms with van der Waals surface area (Å²) in [5, 5.41) is 3.51. The van der Waals surface area contributed by atoms with Gasteiger partial charge in [-0.25, -0.2) is 4.98 Å². The van der Waals surface area contributed by atoms with Crippen LogP contribution in [0.4, 0.5) is 22.9 Å². The number of nitrogen functional groups attached to an aromatic ring is 1. The van der Waals surface area contributed by atoms with Gasteiger partial charge in [0.25, 0.3) is 0 Å². The summed E-state index contributed by atoms with van der Waals surface area (Å²) in [4.78, 5) is 18.5. The van der Waals surface area contributed by atoms with E-state index in [1.807, 2.05) is 30.7 Å². The number of piperazine rings is 1. The van der Waals surface area contributed by atoms with Gasteiger partial charge in [-0.15, -0.1) is 0 Å². The van der Waals surface area contributed by atoms with Crippen LogP contribution in [0.15, 0.2) is 97.5 Å². The van der Waals surface area contributed by atoms with Crippen molar-refractivity contribution in [2.24, 2.45) is 0 Å². The van der Waals surface area contributed by atoms with E-state index in [1.165, 1.54) is 11.3 Å². The van der Waals surface area contributed by atoms with E-state index in [9.17, 15) is 0 Å². The molecule has 1 fully saturated rings. The Kier molecular flexibility index (Phi) is 6.72. The van der Waals surface area contributed by atoms with Crippen molar-refractivity contribution in [2.75, 3.05) is 53.6 Å². The van der Waals surface area contributed by atoms with Crippen molar-refractivity contribution in [2.45, 2.75) is 6.42 Å². The van der Waals surface area contributed by atoms with Gasteiger partial charge in [0.1, 0.15) is 5.82 Å². The number of fused-ring (bicyclic) bond motifs is 1. The Balaban J connectivity index is 1.11. The molecule has 7 heteroatoms. The Bertz CT molecular complexity index is 1490. The van der Waals surface area contributed by atoms with E-state index in [0.717, 1.165) is 78.5 Å². The van der Waals surface area contributed by atoms with Crippen molar-refractivity contribution in [3.63, 3.8) is 0 Å². The Morgan fingerprint density at radius 3 is 2.21 bits per heavy atom. The van der Waals surface area contributed by atoms with Crippen LogP contribution in [0.3, 0.4) is 0 Å². The summed E-state index contributed by atoms with van der Waals surface area (Å²) in [5.74, 6) is 0.935. The van der Waals surface area contributed by atoms with Crippen LogP contribution in [-0.4, -0.2) is 47.7 Å². The van der Waals surface area contributed by atoms with E-state index < -0.39 is 0 Å². The number of hydrogen-bond donors (Lipinski definition) is 2. The highest BCUT2D eigenvalue weighted by atomic mass is 15.3. The first kappa shape index (κ1) is 23.7. The number of nitrogens with two attached hydrogens (primary N) is 1. The van der Waals surface area contributed by atoms with E-state index in [0.29, 0.717) is 0 Å². The van der Waals surface area contributed by atoms with Gasteiger partial charge >= 0.3 is 0 Å². The standard InChI is InChI=1S/C31H31N7/c32-26-6-1-23(2-7-26)11-16-34-27-8-3-24(4-9-27)25-5-10-29-30(21-25)36-31(22-35-29)38-19-17-37(18-20-38)28-12-14-33-15-13-28/h1-10,12-15,21-22,34H,11,16-20,32H2. The largest absolute Gasteiger partial charge is 0.399 e. The SMILES string of the molecule is Nc1ccc(CCNc2ccc(-c3ccc4ncc(N5CCN(c6ccncc6)CC5)nc4c3)cc2)cc1. The number of aromatic nitrogens is 3. The molecule has 0 spiro atoms. The van der Waals surface area contributed by atoms with E-state index in [-0.39, 0.29) is 0 Å². The Morgan fingerprint density at radius 2 is 1.45 bits per heavy atom. The molecule has 38 heavy (non-hydrogen) atoms. The van der Waals surface area contributed by atoms with Gasteiger partial charge < -0.3 is 20.9 Å². The third-order valence-corrected chi connectivity index (χ3v) is 7.10. The van der Waals surface area contributed by atoms with Crippen LogP contribution in [0.1, 0.15) is 5.56 Å². The van der Waals surface area contributed by atoms with Gasteiger partial charge in [0.05, 0.1) is 17.2 Å². The molecule has 0 aliphatic carbocycles. The van der Waals surface area contributed by atoms with Crippen LogP contribution < -0.4 is 20.9 Å². The van der Waals surface area contributed by atoms with Crippen LogP contribution >= 0.6 is 0 Å². The van der Waals surface area contributed by atoms with E-state index in [2.05, 4.69) is 86.8 Å². The molecule has 1 saturated heterocycles. The number of nitrogens with zero attached hydrogens (tertiary/aromatic N) is 5. The van der Waals surface area contributed by atoms with Gasteiger partial charge in [-0.2, -0.15) is 0 Å². The topological polar surface area (TPSA) is 83.2 Å². The number of anilines is 4. The molecule has 2 aromatic heterocycles. The minimum atomic E-state index is 0.799. The van der Waals surface area contributed by atoms with E-state index >= 15 is 0 Å². The predicted molar refractivity (Wildman–Crippen MR) is 157 cm³/mol. The van der Waals surface area contributed by atoms with Gasteiger partial charge in [-0.3, -0.25) is 9.97 Å². The Hall–Kier alpha value is -4.65. The lowest BCUT2D eigenvalue weighted by atomic mass is 10.0. The van der Waals surface area contributed by atoms with Crippen LogP contribution in [0, 0.1) is 0 Å². The monoisotopic (exact) mass is 501 g/mol. The van der Waals surface area contributed by atoms with Gasteiger partial charge in [0.15, 0.2) is 0 Å². The molecule has 7 nitrogen and oxygen atoms in total. The number of hydrogen-bond acceptors (Lipinski definition) is 7. The van der Waals surface area contributed by atoms with Crippen molar-refractivity contribution in [3.05, 3.63) is 103 Å². The Labute approximate surface area is 223 Å². The lowest BCUT2D eigenvalue weighted by Gasteiger charge is -2.36. The van der Waals surface area contributed by atoms with Crippen molar-refractivity contribution in [1.82, 2.24) is 15.0 Å². The molecule has 0 saturated carbocycles. The first-order valence-corrected chi connectivity index (χ1v) is 13.1. The summed E-state index contributed by atoms with van der Waals surface area (Å²) in [6.07, 6.45) is 6.55. The molecule has 0 unspecified atom stereocenters. The third-order valence-electron chi connectivity index (χ3n) is 7.10. The smallest absolute Gasteiger partial charge is 0.147 e. The molecule has 3 heterocycles. The maximum Gasteiger partial charge on any atom is 0.147 e. The van der Waals surface area contributed by atoms with E-state index in [4.69, 9.17) is 15.7 Å². The number of rotatable bonds is 7. The fraction of sp³-hybridized carbons (Fsp3) is 0.194. The number of benzene rings is 3. The highest BCUT2D eigenvalue weighted by Gasteiger charge is 2.19. The van der Waals surface area contributed by atoms with E-state index in [1.54, 1.807) is 0 Å². The molecule has 1 aliphatic heterocycles. The minimum Gasteiger partial charge on any atom is -0.399 e. The second kappa shape index (κ2) is 10.8. The van der Waals surface area contributed by atoms with Gasteiger partial charge in [-0.05, 0) is 71.6 Å². The second-order valence-corrected chi connectivity index (χ2v) is 9.61. The third kappa shape index (κ3) is 5.37.